The summed E-state index contributed by atoms with van der Waals surface area (Å²) in [5.41, 5.74) is 5.45. The zero-order chi connectivity index (χ0) is 27.1. The van der Waals surface area contributed by atoms with Gasteiger partial charge in [-0.3, -0.25) is 19.7 Å². The monoisotopic (exact) mass is 542 g/mol. The SMILES string of the molecule is O=C1CCC(N2Cc3c(CN4CCN(Cc5ccccc5-c5ccc(Cl)cc5)C4=O)cccc3C2=O)C(=O)N1. The van der Waals surface area contributed by atoms with Gasteiger partial charge < -0.3 is 14.7 Å². The van der Waals surface area contributed by atoms with Crippen LogP contribution in [0.5, 0.6) is 0 Å². The third-order valence-electron chi connectivity index (χ3n) is 7.75. The molecule has 3 aromatic rings. The number of hydrogen-bond acceptors (Lipinski definition) is 4. The normalized spacial score (nSPS) is 19.1. The van der Waals surface area contributed by atoms with Crippen LogP contribution >= 0.6 is 11.6 Å². The van der Waals surface area contributed by atoms with Crippen molar-refractivity contribution in [2.24, 2.45) is 0 Å². The lowest BCUT2D eigenvalue weighted by Gasteiger charge is -2.29. The van der Waals surface area contributed by atoms with Gasteiger partial charge in [0.15, 0.2) is 0 Å². The van der Waals surface area contributed by atoms with Gasteiger partial charge in [0.2, 0.25) is 11.8 Å². The summed E-state index contributed by atoms with van der Waals surface area (Å²) < 4.78 is 0. The number of rotatable bonds is 6. The van der Waals surface area contributed by atoms with Crippen molar-refractivity contribution in [2.75, 3.05) is 13.1 Å². The van der Waals surface area contributed by atoms with E-state index in [-0.39, 0.29) is 30.8 Å². The fourth-order valence-electron chi connectivity index (χ4n) is 5.70. The first-order valence-electron chi connectivity index (χ1n) is 13.0. The fourth-order valence-corrected chi connectivity index (χ4v) is 5.83. The van der Waals surface area contributed by atoms with E-state index >= 15 is 0 Å². The molecule has 3 aromatic carbocycles. The van der Waals surface area contributed by atoms with Gasteiger partial charge in [-0.15, -0.1) is 0 Å². The van der Waals surface area contributed by atoms with Gasteiger partial charge in [-0.1, -0.05) is 60.1 Å². The molecule has 1 unspecified atom stereocenters. The van der Waals surface area contributed by atoms with Crippen molar-refractivity contribution in [2.45, 2.75) is 38.5 Å². The van der Waals surface area contributed by atoms with Gasteiger partial charge in [-0.05, 0) is 52.4 Å². The molecule has 1 N–H and O–H groups in total. The highest BCUT2D eigenvalue weighted by atomic mass is 35.5. The van der Waals surface area contributed by atoms with E-state index < -0.39 is 11.9 Å². The molecule has 6 rings (SSSR count). The molecule has 0 spiro atoms. The highest BCUT2D eigenvalue weighted by Crippen LogP contribution is 2.32. The van der Waals surface area contributed by atoms with Crippen molar-refractivity contribution in [1.82, 2.24) is 20.0 Å². The van der Waals surface area contributed by atoms with Crippen LogP contribution in [-0.4, -0.2) is 57.6 Å². The zero-order valence-corrected chi connectivity index (χ0v) is 22.0. The number of nitrogens with one attached hydrogen (secondary N) is 1. The number of piperidine rings is 1. The number of imide groups is 1. The van der Waals surface area contributed by atoms with E-state index in [9.17, 15) is 19.2 Å². The van der Waals surface area contributed by atoms with E-state index in [0.717, 1.165) is 27.8 Å². The van der Waals surface area contributed by atoms with Crippen molar-refractivity contribution < 1.29 is 19.2 Å². The van der Waals surface area contributed by atoms with E-state index in [4.69, 9.17) is 11.6 Å². The Bertz CT molecular complexity index is 1490. The molecular weight excluding hydrogens is 516 g/mol. The molecule has 0 aliphatic carbocycles. The van der Waals surface area contributed by atoms with Gasteiger partial charge in [-0.2, -0.15) is 0 Å². The molecule has 9 heteroatoms. The average molecular weight is 543 g/mol. The molecular formula is C30H27ClN4O4. The van der Waals surface area contributed by atoms with E-state index in [1.54, 1.807) is 15.9 Å². The number of carbonyl (C=O) groups is 4. The van der Waals surface area contributed by atoms with Crippen LogP contribution in [0.15, 0.2) is 66.7 Å². The minimum atomic E-state index is -0.667. The molecule has 39 heavy (non-hydrogen) atoms. The first-order valence-corrected chi connectivity index (χ1v) is 13.4. The summed E-state index contributed by atoms with van der Waals surface area (Å²) in [6.07, 6.45) is 0.527. The van der Waals surface area contributed by atoms with Crippen LogP contribution in [-0.2, 0) is 29.2 Å². The molecule has 0 saturated carbocycles. The summed E-state index contributed by atoms with van der Waals surface area (Å²) in [5, 5.41) is 3.01. The van der Waals surface area contributed by atoms with Gasteiger partial charge in [0.25, 0.3) is 5.91 Å². The summed E-state index contributed by atoms with van der Waals surface area (Å²) in [7, 11) is 0. The van der Waals surface area contributed by atoms with Crippen LogP contribution in [0.25, 0.3) is 11.1 Å². The fraction of sp³-hybridized carbons (Fsp3) is 0.267. The van der Waals surface area contributed by atoms with Gasteiger partial charge >= 0.3 is 6.03 Å². The molecule has 3 heterocycles. The first-order chi connectivity index (χ1) is 18.9. The quantitative estimate of drug-likeness (QED) is 0.473. The summed E-state index contributed by atoms with van der Waals surface area (Å²) in [6, 6.07) is 20.5. The smallest absolute Gasteiger partial charge is 0.320 e. The van der Waals surface area contributed by atoms with Crippen molar-refractivity contribution in [3.8, 4) is 11.1 Å². The predicted octanol–water partition coefficient (Wildman–Crippen LogP) is 4.21. The van der Waals surface area contributed by atoms with Crippen molar-refractivity contribution in [1.29, 1.82) is 0 Å². The van der Waals surface area contributed by atoms with Gasteiger partial charge in [-0.25, -0.2) is 4.79 Å². The van der Waals surface area contributed by atoms with E-state index in [1.807, 2.05) is 59.5 Å². The lowest BCUT2D eigenvalue weighted by atomic mass is 9.99. The second-order valence-electron chi connectivity index (χ2n) is 10.1. The Balaban J connectivity index is 1.17. The first kappa shape index (κ1) is 25.1. The molecule has 5 amide bonds. The Morgan fingerprint density at radius 3 is 2.21 bits per heavy atom. The summed E-state index contributed by atoms with van der Waals surface area (Å²) >= 11 is 6.07. The number of hydrogen-bond donors (Lipinski definition) is 1. The Labute approximate surface area is 231 Å². The molecule has 8 nitrogen and oxygen atoms in total. The van der Waals surface area contributed by atoms with Crippen LogP contribution in [0.2, 0.25) is 5.02 Å². The molecule has 198 valence electrons. The molecule has 1 atom stereocenters. The van der Waals surface area contributed by atoms with E-state index in [0.29, 0.717) is 43.2 Å². The maximum Gasteiger partial charge on any atom is 0.320 e. The van der Waals surface area contributed by atoms with Crippen LogP contribution in [0, 0.1) is 0 Å². The number of urea groups is 1. The summed E-state index contributed by atoms with van der Waals surface area (Å²) in [6.45, 7) is 2.34. The van der Waals surface area contributed by atoms with Crippen LogP contribution in [0.1, 0.15) is 39.9 Å². The largest absolute Gasteiger partial charge is 0.322 e. The molecule has 0 radical (unpaired) electrons. The van der Waals surface area contributed by atoms with Crippen molar-refractivity contribution in [3.63, 3.8) is 0 Å². The third kappa shape index (κ3) is 4.76. The number of nitrogens with zero attached hydrogens (tertiary/aromatic N) is 3. The topological polar surface area (TPSA) is 90.0 Å². The Morgan fingerprint density at radius 1 is 0.795 bits per heavy atom. The van der Waals surface area contributed by atoms with Crippen molar-refractivity contribution >= 4 is 35.4 Å². The second kappa shape index (κ2) is 10.2. The molecule has 3 aliphatic heterocycles. The van der Waals surface area contributed by atoms with Crippen LogP contribution in [0.4, 0.5) is 4.79 Å². The minimum absolute atomic E-state index is 0.0511. The number of benzene rings is 3. The Morgan fingerprint density at radius 2 is 1.46 bits per heavy atom. The average Bonchev–Trinajstić information content (AvgIpc) is 3.45. The molecule has 2 fully saturated rings. The van der Waals surface area contributed by atoms with E-state index in [1.165, 1.54) is 0 Å². The maximum absolute atomic E-state index is 13.4. The van der Waals surface area contributed by atoms with Gasteiger partial charge in [0, 0.05) is 49.7 Å². The number of fused-ring (bicyclic) bond motifs is 1. The number of halogens is 1. The zero-order valence-electron chi connectivity index (χ0n) is 21.2. The third-order valence-corrected chi connectivity index (χ3v) is 8.01. The van der Waals surface area contributed by atoms with E-state index in [2.05, 4.69) is 11.4 Å². The van der Waals surface area contributed by atoms with Crippen LogP contribution < -0.4 is 5.32 Å². The highest BCUT2D eigenvalue weighted by molar-refractivity contribution is 6.30. The number of amides is 5. The molecule has 0 aromatic heterocycles. The summed E-state index contributed by atoms with van der Waals surface area (Å²) in [4.78, 5) is 55.8. The minimum Gasteiger partial charge on any atom is -0.322 e. The molecule has 3 aliphatic rings. The lowest BCUT2D eigenvalue weighted by Crippen LogP contribution is -2.52. The van der Waals surface area contributed by atoms with Gasteiger partial charge in [0.1, 0.15) is 6.04 Å². The Hall–Kier alpha value is -4.17. The molecule has 0 bridgehead atoms. The second-order valence-corrected chi connectivity index (χ2v) is 10.6. The van der Waals surface area contributed by atoms with Gasteiger partial charge in [0.05, 0.1) is 0 Å². The molecule has 2 saturated heterocycles. The predicted molar refractivity (Wildman–Crippen MR) is 146 cm³/mol. The highest BCUT2D eigenvalue weighted by Gasteiger charge is 2.40. The van der Waals surface area contributed by atoms with Crippen molar-refractivity contribution in [3.05, 3.63) is 94.0 Å². The Kier molecular flexibility index (Phi) is 6.56. The number of carbonyl (C=O) groups excluding carboxylic acids is 4. The maximum atomic E-state index is 13.4. The standard InChI is InChI=1S/C30H27ClN4O4/c31-22-10-8-19(9-11-22)23-6-2-1-4-20(23)16-33-14-15-34(30(33)39)17-21-5-3-7-24-25(21)18-35(29(24)38)26-12-13-27(36)32-28(26)37/h1-11,26H,12-18H2,(H,32,36,37). The van der Waals surface area contributed by atoms with Crippen LogP contribution in [0.3, 0.4) is 0 Å². The lowest BCUT2D eigenvalue weighted by molar-refractivity contribution is -0.136. The summed E-state index contributed by atoms with van der Waals surface area (Å²) in [5.74, 6) is -0.957.